The number of carbonyl (C=O) groups excluding carboxylic acids is 2. The predicted octanol–water partition coefficient (Wildman–Crippen LogP) is 4.84. The van der Waals surface area contributed by atoms with E-state index in [4.69, 9.17) is 11.6 Å². The average molecular weight is 580 g/mol. The maximum Gasteiger partial charge on any atom is 0.417 e. The molecule has 0 radical (unpaired) electrons. The molecule has 0 fully saturated rings. The first-order valence-electron chi connectivity index (χ1n) is 11.7. The molecule has 0 spiro atoms. The predicted molar refractivity (Wildman–Crippen MR) is 138 cm³/mol. The van der Waals surface area contributed by atoms with Crippen LogP contribution in [0, 0.1) is 11.7 Å². The lowest BCUT2D eigenvalue weighted by atomic mass is 10.1. The van der Waals surface area contributed by atoms with E-state index >= 15 is 0 Å². The first-order valence-corrected chi connectivity index (χ1v) is 13.9. The number of rotatable bonds is 11. The minimum atomic E-state index is -4.86. The Hall–Kier alpha value is -2.86. The topological polar surface area (TPSA) is 86.8 Å². The number of sulfonamides is 1. The Balaban J connectivity index is 2.50. The zero-order valence-corrected chi connectivity index (χ0v) is 22.9. The second-order valence-electron chi connectivity index (χ2n) is 9.14. The number of amides is 2. The second-order valence-corrected chi connectivity index (χ2v) is 11.5. The van der Waals surface area contributed by atoms with Gasteiger partial charge in [-0.1, -0.05) is 44.5 Å². The Labute approximate surface area is 224 Å². The zero-order chi connectivity index (χ0) is 28.8. The molecule has 2 aromatic rings. The van der Waals surface area contributed by atoms with Gasteiger partial charge >= 0.3 is 6.18 Å². The summed E-state index contributed by atoms with van der Waals surface area (Å²) in [6, 6.07) is 6.65. The average Bonchev–Trinajstić information content (AvgIpc) is 2.81. The van der Waals surface area contributed by atoms with Gasteiger partial charge in [0.05, 0.1) is 22.5 Å². The van der Waals surface area contributed by atoms with Crippen LogP contribution in [0.2, 0.25) is 5.02 Å². The number of halogens is 5. The van der Waals surface area contributed by atoms with E-state index in [0.717, 1.165) is 23.3 Å². The highest BCUT2D eigenvalue weighted by Gasteiger charge is 2.36. The Kier molecular flexibility index (Phi) is 10.6. The number of alkyl halides is 3. The van der Waals surface area contributed by atoms with Crippen molar-refractivity contribution in [2.24, 2.45) is 5.92 Å². The Bertz CT molecular complexity index is 1240. The van der Waals surface area contributed by atoms with Gasteiger partial charge in [0, 0.05) is 13.1 Å². The third kappa shape index (κ3) is 8.59. The molecule has 0 aromatic heterocycles. The van der Waals surface area contributed by atoms with Crippen molar-refractivity contribution in [1.82, 2.24) is 10.2 Å². The summed E-state index contributed by atoms with van der Waals surface area (Å²) in [6.45, 7) is 4.70. The van der Waals surface area contributed by atoms with Gasteiger partial charge in [0.15, 0.2) is 0 Å². The summed E-state index contributed by atoms with van der Waals surface area (Å²) in [4.78, 5) is 27.7. The quantitative estimate of drug-likeness (QED) is 0.386. The number of nitrogens with one attached hydrogen (secondary N) is 1. The van der Waals surface area contributed by atoms with Crippen LogP contribution < -0.4 is 9.62 Å². The molecular formula is C25H30ClF4N3O4S. The van der Waals surface area contributed by atoms with Gasteiger partial charge in [-0.15, -0.1) is 0 Å². The van der Waals surface area contributed by atoms with Crippen molar-refractivity contribution in [3.63, 3.8) is 0 Å². The van der Waals surface area contributed by atoms with E-state index in [-0.39, 0.29) is 18.9 Å². The molecule has 1 atom stereocenters. The van der Waals surface area contributed by atoms with Crippen LogP contribution >= 0.6 is 11.6 Å². The van der Waals surface area contributed by atoms with Crippen LogP contribution in [0.15, 0.2) is 42.5 Å². The summed E-state index contributed by atoms with van der Waals surface area (Å²) in [6.07, 6.45) is -3.95. The van der Waals surface area contributed by atoms with Gasteiger partial charge in [0.1, 0.15) is 18.4 Å². The highest BCUT2D eigenvalue weighted by atomic mass is 35.5. The van der Waals surface area contributed by atoms with E-state index in [1.54, 1.807) is 6.92 Å². The molecule has 210 valence electrons. The monoisotopic (exact) mass is 579 g/mol. The number of anilines is 1. The van der Waals surface area contributed by atoms with Crippen molar-refractivity contribution in [3.8, 4) is 0 Å². The highest BCUT2D eigenvalue weighted by Crippen LogP contribution is 2.37. The van der Waals surface area contributed by atoms with Crippen molar-refractivity contribution in [2.45, 2.75) is 46.0 Å². The van der Waals surface area contributed by atoms with E-state index in [1.165, 1.54) is 24.3 Å². The molecule has 1 N–H and O–H groups in total. The minimum Gasteiger partial charge on any atom is -0.354 e. The van der Waals surface area contributed by atoms with Crippen LogP contribution in [0.5, 0.6) is 0 Å². The molecule has 0 aliphatic carbocycles. The zero-order valence-electron chi connectivity index (χ0n) is 21.4. The van der Waals surface area contributed by atoms with Gasteiger partial charge in [-0.25, -0.2) is 12.8 Å². The molecule has 2 aromatic carbocycles. The van der Waals surface area contributed by atoms with E-state index in [2.05, 4.69) is 5.32 Å². The first kappa shape index (κ1) is 31.4. The summed E-state index contributed by atoms with van der Waals surface area (Å²) in [5.74, 6) is -1.71. The maximum atomic E-state index is 13.6. The van der Waals surface area contributed by atoms with Crippen LogP contribution in [0.25, 0.3) is 0 Å². The fourth-order valence-electron chi connectivity index (χ4n) is 3.63. The molecule has 0 aliphatic rings. The molecule has 1 unspecified atom stereocenters. The lowest BCUT2D eigenvalue weighted by Gasteiger charge is -2.33. The summed E-state index contributed by atoms with van der Waals surface area (Å²) in [5.41, 5.74) is -1.22. The Morgan fingerprint density at radius 2 is 1.68 bits per heavy atom. The summed E-state index contributed by atoms with van der Waals surface area (Å²) < 4.78 is 79.4. The molecule has 2 rings (SSSR count). The van der Waals surface area contributed by atoms with Crippen molar-refractivity contribution in [1.29, 1.82) is 0 Å². The molecule has 0 heterocycles. The molecule has 7 nitrogen and oxygen atoms in total. The first-order chi connectivity index (χ1) is 17.5. The van der Waals surface area contributed by atoms with Gasteiger partial charge in [0.2, 0.25) is 21.8 Å². The lowest BCUT2D eigenvalue weighted by Crippen LogP contribution is -2.52. The van der Waals surface area contributed by atoms with Gasteiger partial charge in [-0.3, -0.25) is 13.9 Å². The number of hydrogen-bond donors (Lipinski definition) is 1. The second kappa shape index (κ2) is 12.8. The van der Waals surface area contributed by atoms with Gasteiger partial charge in [-0.2, -0.15) is 13.2 Å². The largest absolute Gasteiger partial charge is 0.417 e. The smallest absolute Gasteiger partial charge is 0.354 e. The third-order valence-electron chi connectivity index (χ3n) is 5.56. The van der Waals surface area contributed by atoms with Crippen molar-refractivity contribution in [2.75, 3.05) is 23.7 Å². The van der Waals surface area contributed by atoms with Crippen molar-refractivity contribution >= 4 is 39.1 Å². The summed E-state index contributed by atoms with van der Waals surface area (Å²) >= 11 is 5.67. The molecule has 2 amide bonds. The molecule has 0 saturated heterocycles. The van der Waals surface area contributed by atoms with Gasteiger partial charge < -0.3 is 10.2 Å². The SMILES string of the molecule is CCC(C(=O)NCC(C)C)N(Cc1ccc(F)cc1)C(=O)CN(c1ccc(Cl)c(C(F)(F)F)c1)S(C)(=O)=O. The van der Waals surface area contributed by atoms with E-state index < -0.39 is 62.7 Å². The number of benzene rings is 2. The van der Waals surface area contributed by atoms with Gasteiger partial charge in [0.25, 0.3) is 0 Å². The van der Waals surface area contributed by atoms with E-state index in [0.29, 0.717) is 22.5 Å². The molecule has 0 bridgehead atoms. The fraction of sp³-hybridized carbons (Fsp3) is 0.440. The Morgan fingerprint density at radius 3 is 2.18 bits per heavy atom. The van der Waals surface area contributed by atoms with Crippen LogP contribution in [0.4, 0.5) is 23.2 Å². The van der Waals surface area contributed by atoms with E-state index in [9.17, 15) is 35.6 Å². The van der Waals surface area contributed by atoms with Crippen LogP contribution in [-0.4, -0.2) is 50.5 Å². The van der Waals surface area contributed by atoms with Gasteiger partial charge in [-0.05, 0) is 48.2 Å². The Morgan fingerprint density at radius 1 is 1.08 bits per heavy atom. The molecule has 0 aliphatic heterocycles. The summed E-state index contributed by atoms with van der Waals surface area (Å²) in [5, 5.41) is 2.11. The lowest BCUT2D eigenvalue weighted by molar-refractivity contribution is -0.140. The maximum absolute atomic E-state index is 13.6. The van der Waals surface area contributed by atoms with Crippen LogP contribution in [-0.2, 0) is 32.3 Å². The minimum absolute atomic E-state index is 0.117. The highest BCUT2D eigenvalue weighted by molar-refractivity contribution is 7.92. The van der Waals surface area contributed by atoms with Crippen molar-refractivity contribution < 1.29 is 35.6 Å². The summed E-state index contributed by atoms with van der Waals surface area (Å²) in [7, 11) is -4.25. The molecular weight excluding hydrogens is 550 g/mol. The number of carbonyl (C=O) groups is 2. The van der Waals surface area contributed by atoms with Crippen LogP contribution in [0.1, 0.15) is 38.3 Å². The van der Waals surface area contributed by atoms with Crippen molar-refractivity contribution in [3.05, 3.63) is 64.4 Å². The standard InChI is InChI=1S/C25H30ClF4N3O4S/c1-5-22(24(35)31-13-16(2)3)32(14-17-6-8-18(27)9-7-17)23(34)15-33(38(4,36)37)19-10-11-21(26)20(12-19)25(28,29)30/h6-12,16,22H,5,13-15H2,1-4H3,(H,31,35). The molecule has 13 heteroatoms. The third-order valence-corrected chi connectivity index (χ3v) is 7.03. The molecule has 38 heavy (non-hydrogen) atoms. The fourth-order valence-corrected chi connectivity index (χ4v) is 4.69. The van der Waals surface area contributed by atoms with Crippen LogP contribution in [0.3, 0.4) is 0 Å². The van der Waals surface area contributed by atoms with E-state index in [1.807, 2.05) is 13.8 Å². The molecule has 0 saturated carbocycles. The number of nitrogens with zero attached hydrogens (tertiary/aromatic N) is 2. The number of hydrogen-bond acceptors (Lipinski definition) is 4. The normalized spacial score (nSPS) is 12.8.